The molecule has 11 nitrogen and oxygen atoms in total. The fourth-order valence-corrected chi connectivity index (χ4v) is 8.00. The van der Waals surface area contributed by atoms with Gasteiger partial charge in [0.2, 0.25) is 0 Å². The summed E-state index contributed by atoms with van der Waals surface area (Å²) in [6.07, 6.45) is 1.66. The predicted molar refractivity (Wildman–Crippen MR) is 168 cm³/mol. The Morgan fingerprint density at radius 3 is 1.93 bits per heavy atom. The molecular weight excluding hydrogens is 702 g/mol. The molecule has 0 bridgehead atoms. The second-order valence-electron chi connectivity index (χ2n) is 9.30. The van der Waals surface area contributed by atoms with Gasteiger partial charge in [-0.2, -0.15) is 0 Å². The van der Waals surface area contributed by atoms with Gasteiger partial charge in [-0.3, -0.25) is 19.7 Å². The van der Waals surface area contributed by atoms with Crippen LogP contribution in [0.5, 0.6) is 0 Å². The van der Waals surface area contributed by atoms with Crippen molar-refractivity contribution in [3.63, 3.8) is 0 Å². The average molecular weight is 727 g/mol. The Balaban J connectivity index is 0.000000166. The molecule has 41 heavy (non-hydrogen) atoms. The number of carbonyl (C=O) groups is 2. The molecule has 15 heteroatoms. The molecule has 6 heterocycles. The molecule has 0 saturated carbocycles. The zero-order valence-corrected chi connectivity index (χ0v) is 27.0. The maximum absolute atomic E-state index is 11.4. The first-order valence-corrected chi connectivity index (χ1v) is 15.9. The smallest absolute Gasteiger partial charge is 0.311 e. The number of aldehydes is 2. The highest BCUT2D eigenvalue weighted by Gasteiger charge is 2.29. The largest absolute Gasteiger partial charge is 0.378 e. The Labute approximate surface area is 259 Å². The van der Waals surface area contributed by atoms with Crippen molar-refractivity contribution >= 4 is 105 Å². The van der Waals surface area contributed by atoms with Gasteiger partial charge in [0.1, 0.15) is 16.2 Å². The third-order valence-corrected chi connectivity index (χ3v) is 10.4. The van der Waals surface area contributed by atoms with Gasteiger partial charge < -0.3 is 19.3 Å². The summed E-state index contributed by atoms with van der Waals surface area (Å²) in [7, 11) is 0. The summed E-state index contributed by atoms with van der Waals surface area (Å²) in [5.41, 5.74) is 1.57. The number of thiophene rings is 2. The number of nitrogens with zero attached hydrogens (tertiary/aromatic N) is 5. The van der Waals surface area contributed by atoms with E-state index in [1.807, 2.05) is 17.9 Å². The second kappa shape index (κ2) is 12.8. The van der Waals surface area contributed by atoms with Crippen LogP contribution in [-0.2, 0) is 9.47 Å². The highest BCUT2D eigenvalue weighted by Crippen LogP contribution is 2.44. The fourth-order valence-electron chi connectivity index (χ4n) is 4.83. The molecule has 2 fully saturated rings. The molecule has 0 N–H and O–H groups in total. The van der Waals surface area contributed by atoms with Crippen LogP contribution in [0.1, 0.15) is 30.5 Å². The monoisotopic (exact) mass is 725 g/mol. The summed E-state index contributed by atoms with van der Waals surface area (Å²) in [5.74, 6) is 1.62. The van der Waals surface area contributed by atoms with E-state index >= 15 is 0 Å². The summed E-state index contributed by atoms with van der Waals surface area (Å²) in [6.45, 7) is 9.34. The molecule has 216 valence electrons. The molecule has 0 aromatic carbocycles. The molecule has 0 amide bonds. The normalized spacial score (nSPS) is 15.6. The molecule has 6 rings (SSSR count). The first-order valence-electron chi connectivity index (χ1n) is 12.7. The first-order chi connectivity index (χ1) is 19.7. The minimum absolute atomic E-state index is 0.0890. The summed E-state index contributed by atoms with van der Waals surface area (Å²) in [5, 5.41) is 13.0. The molecule has 0 spiro atoms. The lowest BCUT2D eigenvalue weighted by molar-refractivity contribution is -0.384. The number of aromatic nitrogens is 2. The molecule has 2 saturated heterocycles. The van der Waals surface area contributed by atoms with E-state index in [2.05, 4.69) is 46.7 Å². The Kier molecular flexibility index (Phi) is 9.30. The van der Waals surface area contributed by atoms with Crippen molar-refractivity contribution in [2.45, 2.75) is 13.8 Å². The van der Waals surface area contributed by atoms with Crippen molar-refractivity contribution in [1.29, 1.82) is 0 Å². The van der Waals surface area contributed by atoms with Crippen LogP contribution in [0.3, 0.4) is 0 Å². The van der Waals surface area contributed by atoms with Gasteiger partial charge in [-0.15, -0.1) is 22.7 Å². The predicted octanol–water partition coefficient (Wildman–Crippen LogP) is 5.94. The number of fused-ring (bicyclic) bond motifs is 2. The zero-order chi connectivity index (χ0) is 29.3. The van der Waals surface area contributed by atoms with Crippen molar-refractivity contribution in [2.75, 3.05) is 62.4 Å². The van der Waals surface area contributed by atoms with Crippen LogP contribution in [-0.4, -0.2) is 80.1 Å². The maximum atomic E-state index is 11.4. The maximum Gasteiger partial charge on any atom is 0.311 e. The average Bonchev–Trinajstić information content (AvgIpc) is 3.49. The van der Waals surface area contributed by atoms with Gasteiger partial charge in [-0.25, -0.2) is 9.97 Å². The summed E-state index contributed by atoms with van der Waals surface area (Å²) >= 11 is 9.43. The zero-order valence-electron chi connectivity index (χ0n) is 22.1. The van der Waals surface area contributed by atoms with E-state index in [1.165, 1.54) is 22.7 Å². The van der Waals surface area contributed by atoms with Crippen molar-refractivity contribution in [1.82, 2.24) is 9.97 Å². The third kappa shape index (κ3) is 5.88. The number of nitro groups is 1. The number of pyridine rings is 2. The van der Waals surface area contributed by atoms with Crippen LogP contribution in [0.15, 0.2) is 15.3 Å². The minimum Gasteiger partial charge on any atom is -0.378 e. The number of halogens is 2. The Morgan fingerprint density at radius 2 is 1.39 bits per heavy atom. The van der Waals surface area contributed by atoms with Crippen LogP contribution < -0.4 is 9.80 Å². The van der Waals surface area contributed by atoms with Gasteiger partial charge in [-0.1, -0.05) is 0 Å². The first kappa shape index (κ1) is 29.9. The Morgan fingerprint density at radius 1 is 0.878 bits per heavy atom. The van der Waals surface area contributed by atoms with E-state index in [0.29, 0.717) is 52.6 Å². The summed E-state index contributed by atoms with van der Waals surface area (Å²) in [6, 6.07) is 1.98. The van der Waals surface area contributed by atoms with E-state index in [-0.39, 0.29) is 10.3 Å². The summed E-state index contributed by atoms with van der Waals surface area (Å²) in [4.78, 5) is 47.8. The number of rotatable bonds is 5. The molecule has 0 unspecified atom stereocenters. The van der Waals surface area contributed by atoms with Crippen LogP contribution in [0.25, 0.3) is 20.2 Å². The van der Waals surface area contributed by atoms with Crippen LogP contribution >= 0.6 is 54.5 Å². The van der Waals surface area contributed by atoms with Crippen molar-refractivity contribution in [3.05, 3.63) is 46.3 Å². The lowest BCUT2D eigenvalue weighted by atomic mass is 10.1. The molecule has 4 aromatic rings. The standard InChI is InChI=1S/C13H12BrN3O4S.C13H13BrN2O2S/c1-7-8(6-18)22-11-9(7)10(17(19)20)12(14)15-13(11)16-2-4-21-5-3-16;1-8-9-6-11(14)15-13(12(9)19-10(8)7-17)16-2-4-18-5-3-16/h6H,2-5H2,1H3;6-7H,2-5H2,1H3. The molecule has 0 aliphatic carbocycles. The van der Waals surface area contributed by atoms with Gasteiger partial charge in [0.15, 0.2) is 17.2 Å². The fraction of sp³-hybridized carbons (Fsp3) is 0.385. The number of hydrogen-bond acceptors (Lipinski definition) is 12. The van der Waals surface area contributed by atoms with Gasteiger partial charge in [0, 0.05) is 31.6 Å². The molecule has 0 radical (unpaired) electrons. The van der Waals surface area contributed by atoms with E-state index in [9.17, 15) is 19.7 Å². The summed E-state index contributed by atoms with van der Waals surface area (Å²) < 4.78 is 13.5. The van der Waals surface area contributed by atoms with E-state index < -0.39 is 4.92 Å². The number of carbonyl (C=O) groups excluding carboxylic acids is 2. The van der Waals surface area contributed by atoms with Crippen molar-refractivity contribution in [2.24, 2.45) is 0 Å². The van der Waals surface area contributed by atoms with Crippen LogP contribution in [0.4, 0.5) is 17.3 Å². The topological polar surface area (TPSA) is 128 Å². The van der Waals surface area contributed by atoms with Crippen molar-refractivity contribution in [3.8, 4) is 0 Å². The van der Waals surface area contributed by atoms with Gasteiger partial charge >= 0.3 is 5.69 Å². The van der Waals surface area contributed by atoms with Gasteiger partial charge in [0.05, 0.1) is 55.9 Å². The van der Waals surface area contributed by atoms with E-state index in [1.54, 1.807) is 6.92 Å². The molecule has 2 aliphatic heterocycles. The molecule has 2 aliphatic rings. The number of anilines is 2. The van der Waals surface area contributed by atoms with Gasteiger partial charge in [-0.05, 0) is 62.9 Å². The number of hydrogen-bond donors (Lipinski definition) is 0. The molecule has 4 aromatic heterocycles. The SMILES string of the molecule is Cc1c(C=O)sc2c(N3CCOCC3)nc(Br)c([N+](=O)[O-])c12.Cc1c(C=O)sc2c(N3CCOCC3)nc(Br)cc12. The van der Waals surface area contributed by atoms with E-state index in [0.717, 1.165) is 69.8 Å². The second-order valence-corrected chi connectivity index (χ2v) is 13.0. The Bertz CT molecular complexity index is 1650. The number of morpholine rings is 2. The van der Waals surface area contributed by atoms with Gasteiger partial charge in [0.25, 0.3) is 0 Å². The minimum atomic E-state index is -0.461. The molecular formula is C26H25Br2N5O6S2. The number of ether oxygens (including phenoxy) is 2. The van der Waals surface area contributed by atoms with Crippen LogP contribution in [0.2, 0.25) is 0 Å². The quantitative estimate of drug-likeness (QED) is 0.106. The lowest BCUT2D eigenvalue weighted by Gasteiger charge is -2.28. The Hall–Kier alpha value is -2.56. The molecule has 0 atom stereocenters. The van der Waals surface area contributed by atoms with E-state index in [4.69, 9.17) is 9.47 Å². The number of aryl methyl sites for hydroxylation is 2. The van der Waals surface area contributed by atoms with Crippen molar-refractivity contribution < 1.29 is 24.0 Å². The highest BCUT2D eigenvalue weighted by molar-refractivity contribution is 9.10. The van der Waals surface area contributed by atoms with Crippen LogP contribution in [0, 0.1) is 24.0 Å². The lowest BCUT2D eigenvalue weighted by Crippen LogP contribution is -2.36. The third-order valence-electron chi connectivity index (χ3n) is 6.95. The highest BCUT2D eigenvalue weighted by atomic mass is 79.9.